The Kier molecular flexibility index (Phi) is 2.78. The maximum absolute atomic E-state index is 11.2. The van der Waals surface area contributed by atoms with E-state index < -0.39 is 5.97 Å². The Labute approximate surface area is 105 Å². The third-order valence-corrected chi connectivity index (χ3v) is 3.75. The van der Waals surface area contributed by atoms with Gasteiger partial charge in [-0.3, -0.25) is 0 Å². The summed E-state index contributed by atoms with van der Waals surface area (Å²) in [4.78, 5) is 15.6. The van der Waals surface area contributed by atoms with Gasteiger partial charge in [0.1, 0.15) is 5.82 Å². The Hall–Kier alpha value is -1.84. The van der Waals surface area contributed by atoms with E-state index in [-0.39, 0.29) is 5.69 Å². The van der Waals surface area contributed by atoms with E-state index in [4.69, 9.17) is 0 Å². The molecule has 1 N–H and O–H groups in total. The first-order valence-corrected chi connectivity index (χ1v) is 6.47. The van der Waals surface area contributed by atoms with Crippen LogP contribution < -0.4 is 0 Å². The summed E-state index contributed by atoms with van der Waals surface area (Å²) in [6, 6.07) is 5.60. The Balaban J connectivity index is 2.13. The lowest BCUT2D eigenvalue weighted by molar-refractivity contribution is 0.0693. The standard InChI is InChI=1S/C14H16N2O2/c17-14(18)12-11-8-4-5-9-16(11)13(15-12)10-6-2-1-3-7-10/h4-5,8-10H,1-3,6-7H2,(H,17,18). The predicted molar refractivity (Wildman–Crippen MR) is 68.0 cm³/mol. The number of nitrogens with zero attached hydrogens (tertiary/aromatic N) is 2. The fourth-order valence-corrected chi connectivity index (χ4v) is 2.87. The molecule has 3 rings (SSSR count). The fourth-order valence-electron chi connectivity index (χ4n) is 2.87. The normalized spacial score (nSPS) is 17.1. The molecule has 94 valence electrons. The summed E-state index contributed by atoms with van der Waals surface area (Å²) in [5.41, 5.74) is 0.877. The highest BCUT2D eigenvalue weighted by Crippen LogP contribution is 2.32. The molecule has 1 fully saturated rings. The minimum absolute atomic E-state index is 0.177. The molecule has 0 amide bonds. The van der Waals surface area contributed by atoms with Crippen LogP contribution in [0.3, 0.4) is 0 Å². The van der Waals surface area contributed by atoms with Gasteiger partial charge in [0.25, 0.3) is 0 Å². The van der Waals surface area contributed by atoms with Crippen LogP contribution in [0.4, 0.5) is 0 Å². The van der Waals surface area contributed by atoms with E-state index in [2.05, 4.69) is 4.98 Å². The molecule has 0 radical (unpaired) electrons. The Bertz CT molecular complexity index is 582. The molecule has 2 aromatic rings. The molecular weight excluding hydrogens is 228 g/mol. The number of imidazole rings is 1. The highest BCUT2D eigenvalue weighted by molar-refractivity contribution is 5.93. The van der Waals surface area contributed by atoms with Crippen LogP contribution in [0.2, 0.25) is 0 Å². The van der Waals surface area contributed by atoms with Gasteiger partial charge in [-0.1, -0.05) is 25.3 Å². The van der Waals surface area contributed by atoms with E-state index in [1.54, 1.807) is 0 Å². The average molecular weight is 244 g/mol. The van der Waals surface area contributed by atoms with Gasteiger partial charge in [-0.25, -0.2) is 9.78 Å². The van der Waals surface area contributed by atoms with Gasteiger partial charge in [-0.05, 0) is 25.0 Å². The number of fused-ring (bicyclic) bond motifs is 1. The molecule has 0 spiro atoms. The van der Waals surface area contributed by atoms with Crippen molar-refractivity contribution in [3.63, 3.8) is 0 Å². The predicted octanol–water partition coefficient (Wildman–Crippen LogP) is 3.08. The first-order chi connectivity index (χ1) is 8.77. The number of carboxylic acids is 1. The number of aromatic nitrogens is 2. The zero-order valence-electron chi connectivity index (χ0n) is 10.2. The second-order valence-electron chi connectivity index (χ2n) is 4.91. The van der Waals surface area contributed by atoms with Crippen molar-refractivity contribution in [2.75, 3.05) is 0 Å². The molecule has 0 unspecified atom stereocenters. The van der Waals surface area contributed by atoms with Gasteiger partial charge in [-0.15, -0.1) is 0 Å². The van der Waals surface area contributed by atoms with Crippen LogP contribution in [0.15, 0.2) is 24.4 Å². The van der Waals surface area contributed by atoms with Crippen molar-refractivity contribution in [3.05, 3.63) is 35.9 Å². The van der Waals surface area contributed by atoms with Crippen LogP contribution >= 0.6 is 0 Å². The maximum Gasteiger partial charge on any atom is 0.356 e. The quantitative estimate of drug-likeness (QED) is 0.883. The summed E-state index contributed by atoms with van der Waals surface area (Å²) in [7, 11) is 0. The summed E-state index contributed by atoms with van der Waals surface area (Å²) in [6.07, 6.45) is 7.87. The van der Waals surface area contributed by atoms with Crippen molar-refractivity contribution >= 4 is 11.5 Å². The Morgan fingerprint density at radius 3 is 2.78 bits per heavy atom. The largest absolute Gasteiger partial charge is 0.476 e. The lowest BCUT2D eigenvalue weighted by atomic mass is 9.89. The van der Waals surface area contributed by atoms with E-state index in [0.29, 0.717) is 11.4 Å². The fraction of sp³-hybridized carbons (Fsp3) is 0.429. The number of rotatable bonds is 2. The lowest BCUT2D eigenvalue weighted by Gasteiger charge is -2.20. The minimum Gasteiger partial charge on any atom is -0.476 e. The smallest absolute Gasteiger partial charge is 0.356 e. The van der Waals surface area contributed by atoms with Crippen molar-refractivity contribution in [3.8, 4) is 0 Å². The average Bonchev–Trinajstić information content (AvgIpc) is 2.79. The van der Waals surface area contributed by atoms with Crippen molar-refractivity contribution in [1.82, 2.24) is 9.38 Å². The van der Waals surface area contributed by atoms with Gasteiger partial charge in [0.15, 0.2) is 5.69 Å². The maximum atomic E-state index is 11.2. The molecule has 1 aliphatic carbocycles. The summed E-state index contributed by atoms with van der Waals surface area (Å²) in [6.45, 7) is 0. The number of carboxylic acid groups (broad SMARTS) is 1. The Morgan fingerprint density at radius 2 is 2.06 bits per heavy atom. The van der Waals surface area contributed by atoms with E-state index in [9.17, 15) is 9.90 Å². The number of pyridine rings is 1. The number of hydrogen-bond acceptors (Lipinski definition) is 2. The zero-order chi connectivity index (χ0) is 12.5. The summed E-state index contributed by atoms with van der Waals surface area (Å²) < 4.78 is 1.94. The molecule has 0 saturated heterocycles. The molecular formula is C14H16N2O2. The van der Waals surface area contributed by atoms with Crippen LogP contribution in [0.25, 0.3) is 5.52 Å². The molecule has 4 heteroatoms. The van der Waals surface area contributed by atoms with Gasteiger partial charge < -0.3 is 9.51 Å². The molecule has 18 heavy (non-hydrogen) atoms. The Morgan fingerprint density at radius 1 is 1.28 bits per heavy atom. The summed E-state index contributed by atoms with van der Waals surface area (Å²) in [5.74, 6) is 0.380. The molecule has 0 bridgehead atoms. The van der Waals surface area contributed by atoms with E-state index in [0.717, 1.165) is 18.7 Å². The lowest BCUT2D eigenvalue weighted by Crippen LogP contribution is -2.08. The van der Waals surface area contributed by atoms with Gasteiger partial charge in [0, 0.05) is 12.1 Å². The van der Waals surface area contributed by atoms with Crippen LogP contribution in [-0.4, -0.2) is 20.5 Å². The third kappa shape index (κ3) is 1.78. The van der Waals surface area contributed by atoms with Gasteiger partial charge in [-0.2, -0.15) is 0 Å². The number of carbonyl (C=O) groups is 1. The van der Waals surface area contributed by atoms with E-state index >= 15 is 0 Å². The molecule has 0 aliphatic heterocycles. The zero-order valence-corrected chi connectivity index (χ0v) is 10.2. The summed E-state index contributed by atoms with van der Waals surface area (Å²) >= 11 is 0. The van der Waals surface area contributed by atoms with Crippen molar-refractivity contribution < 1.29 is 9.90 Å². The number of hydrogen-bond donors (Lipinski definition) is 1. The molecule has 2 heterocycles. The van der Waals surface area contributed by atoms with Crippen LogP contribution in [-0.2, 0) is 0 Å². The van der Waals surface area contributed by atoms with Crippen molar-refractivity contribution in [1.29, 1.82) is 0 Å². The van der Waals surface area contributed by atoms with Gasteiger partial charge in [0.2, 0.25) is 0 Å². The van der Waals surface area contributed by atoms with E-state index in [1.165, 1.54) is 19.3 Å². The van der Waals surface area contributed by atoms with Crippen LogP contribution in [0.1, 0.15) is 54.3 Å². The molecule has 4 nitrogen and oxygen atoms in total. The van der Waals surface area contributed by atoms with E-state index in [1.807, 2.05) is 28.8 Å². The highest BCUT2D eigenvalue weighted by Gasteiger charge is 2.23. The van der Waals surface area contributed by atoms with Gasteiger partial charge >= 0.3 is 5.97 Å². The first-order valence-electron chi connectivity index (χ1n) is 6.47. The third-order valence-electron chi connectivity index (χ3n) is 3.75. The highest BCUT2D eigenvalue weighted by atomic mass is 16.4. The minimum atomic E-state index is -0.944. The monoisotopic (exact) mass is 244 g/mol. The van der Waals surface area contributed by atoms with Crippen molar-refractivity contribution in [2.45, 2.75) is 38.0 Å². The number of aromatic carboxylic acids is 1. The molecule has 1 saturated carbocycles. The molecule has 1 aliphatic rings. The second-order valence-corrected chi connectivity index (χ2v) is 4.91. The SMILES string of the molecule is O=C(O)c1nc(C2CCCCC2)n2ccccc12. The van der Waals surface area contributed by atoms with Crippen LogP contribution in [0.5, 0.6) is 0 Å². The summed E-state index contributed by atoms with van der Waals surface area (Å²) in [5, 5.41) is 9.22. The first kappa shape index (κ1) is 11.3. The van der Waals surface area contributed by atoms with Gasteiger partial charge in [0.05, 0.1) is 5.52 Å². The second kappa shape index (κ2) is 4.44. The van der Waals surface area contributed by atoms with Crippen LogP contribution in [0, 0.1) is 0 Å². The van der Waals surface area contributed by atoms with Crippen molar-refractivity contribution in [2.24, 2.45) is 0 Å². The molecule has 2 aromatic heterocycles. The topological polar surface area (TPSA) is 54.6 Å². The molecule has 0 aromatic carbocycles. The molecule has 0 atom stereocenters.